The molecule has 7 aromatic carbocycles. The van der Waals surface area contributed by atoms with Gasteiger partial charge in [-0.25, -0.2) is 4.39 Å². The number of rotatable bonds is 4. The Kier molecular flexibility index (Phi) is 10.9. The smallest absolute Gasteiger partial charge is 0.264 e. The predicted octanol–water partition coefficient (Wildman–Crippen LogP) is 18.8. The maximum Gasteiger partial charge on any atom is 0.264 e. The van der Waals surface area contributed by atoms with Crippen LogP contribution in [0.1, 0.15) is 181 Å². The van der Waals surface area contributed by atoms with Crippen LogP contribution in [0.25, 0.3) is 32.3 Å². The van der Waals surface area contributed by atoms with Crippen molar-refractivity contribution in [3.63, 3.8) is 0 Å². The molecule has 0 saturated carbocycles. The van der Waals surface area contributed by atoms with Crippen LogP contribution in [0.3, 0.4) is 0 Å². The van der Waals surface area contributed by atoms with Gasteiger partial charge in [-0.1, -0.05) is 165 Å². The van der Waals surface area contributed by atoms with Crippen molar-refractivity contribution in [2.24, 2.45) is 0 Å². The second-order valence-corrected chi connectivity index (χ2v) is 30.2. The molecule has 5 aliphatic rings. The SMILES string of the molecule is CC(C)(C)c1ccc(-c2cc3c4c(c2)N(c2ccc(F)cc2)c2c(sc5cc6c(cc25)C(C)(C)CCC6(C)C)B4c2cc4c(cc2N3c2ccc3c(c2)C(C)(C)CCC3(C)C)C(C)(C)CCC4(C)C)c(-c2ccccc2)c1. The maximum atomic E-state index is 15.4. The lowest BCUT2D eigenvalue weighted by molar-refractivity contribution is 0.332. The van der Waals surface area contributed by atoms with Gasteiger partial charge in [0.05, 0.1) is 5.69 Å². The van der Waals surface area contributed by atoms with Crippen molar-refractivity contribution in [3.05, 3.63) is 172 Å². The third-order valence-corrected chi connectivity index (χ3v) is 21.3. The summed E-state index contributed by atoms with van der Waals surface area (Å²) in [5, 5.41) is 1.29. The van der Waals surface area contributed by atoms with E-state index in [-0.39, 0.29) is 50.4 Å². The highest BCUT2D eigenvalue weighted by atomic mass is 32.1. The Hall–Kier alpha value is -5.91. The van der Waals surface area contributed by atoms with Crippen LogP contribution in [-0.2, 0) is 37.9 Å². The van der Waals surface area contributed by atoms with Gasteiger partial charge in [0.15, 0.2) is 0 Å². The van der Waals surface area contributed by atoms with Gasteiger partial charge in [-0.2, -0.15) is 0 Å². The van der Waals surface area contributed by atoms with Crippen LogP contribution in [-0.4, -0.2) is 6.71 Å². The quantitative estimate of drug-likeness (QED) is 0.162. The summed E-state index contributed by atoms with van der Waals surface area (Å²) in [4.78, 5) is 5.25. The summed E-state index contributed by atoms with van der Waals surface area (Å²) in [6.07, 6.45) is 6.88. The average molecular weight is 1030 g/mol. The van der Waals surface area contributed by atoms with E-state index >= 15 is 4.39 Å². The molecule has 0 radical (unpaired) electrons. The fourth-order valence-electron chi connectivity index (χ4n) is 14.7. The molecule has 2 aliphatic heterocycles. The number of fused-ring (bicyclic) bond motifs is 9. The van der Waals surface area contributed by atoms with Crippen molar-refractivity contribution in [2.45, 2.75) is 180 Å². The fourth-order valence-corrected chi connectivity index (χ4v) is 16.1. The molecule has 0 saturated heterocycles. The molecule has 1 aromatic heterocycles. The standard InChI is InChI=1S/C72H78BFN2S/c1-66(2,3)45-21-27-49(50(37-45)43-19-17-16-18-20-43)44-35-60-63-61(36-44)76(47-24-22-46(74)23-25-47)64-51-39-54-57(72(14,15)34-31-69(54,8)9)42-62(51)77-65(64)73(63)58-40-55-56(71(12,13)33-32-70(55,10)11)41-59(58)75(60)48-26-28-52-53(38-48)68(6,7)30-29-67(52,4)5/h16-28,35-42H,29-34H2,1-15H3. The Morgan fingerprint density at radius 2 is 0.974 bits per heavy atom. The number of benzene rings is 7. The molecular formula is C72H78BFN2S. The second-order valence-electron chi connectivity index (χ2n) is 29.1. The number of halogens is 1. The molecule has 392 valence electrons. The first kappa shape index (κ1) is 50.6. The Morgan fingerprint density at radius 1 is 0.455 bits per heavy atom. The van der Waals surface area contributed by atoms with Gasteiger partial charge in [0.25, 0.3) is 6.71 Å². The summed E-state index contributed by atoms with van der Waals surface area (Å²) < 4.78 is 18.1. The molecule has 0 bridgehead atoms. The molecule has 77 heavy (non-hydrogen) atoms. The molecule has 0 fully saturated rings. The van der Waals surface area contributed by atoms with E-state index in [1.807, 2.05) is 23.5 Å². The zero-order valence-corrected chi connectivity index (χ0v) is 49.4. The number of hydrogen-bond acceptors (Lipinski definition) is 3. The van der Waals surface area contributed by atoms with E-state index in [0.717, 1.165) is 43.5 Å². The van der Waals surface area contributed by atoms with Crippen molar-refractivity contribution < 1.29 is 4.39 Å². The van der Waals surface area contributed by atoms with Gasteiger partial charge in [-0.3, -0.25) is 0 Å². The van der Waals surface area contributed by atoms with Gasteiger partial charge in [-0.15, -0.1) is 11.3 Å². The molecule has 5 heteroatoms. The largest absolute Gasteiger partial charge is 0.311 e. The van der Waals surface area contributed by atoms with Gasteiger partial charge in [-0.05, 0) is 215 Å². The van der Waals surface area contributed by atoms with E-state index < -0.39 is 0 Å². The van der Waals surface area contributed by atoms with Crippen LogP contribution in [0, 0.1) is 5.82 Å². The summed E-state index contributed by atoms with van der Waals surface area (Å²) in [6, 6.07) is 48.7. The van der Waals surface area contributed by atoms with Crippen molar-refractivity contribution in [1.82, 2.24) is 0 Å². The minimum atomic E-state index is -0.228. The first-order chi connectivity index (χ1) is 36.2. The second kappa shape index (κ2) is 16.6. The first-order valence-electron chi connectivity index (χ1n) is 28.8. The minimum absolute atomic E-state index is 0.000186. The number of thiophene rings is 1. The number of anilines is 6. The Bertz CT molecular complexity index is 3770. The zero-order valence-electron chi connectivity index (χ0n) is 48.6. The highest BCUT2D eigenvalue weighted by Crippen LogP contribution is 2.56. The zero-order chi connectivity index (χ0) is 54.3. The molecule has 3 aliphatic carbocycles. The highest BCUT2D eigenvalue weighted by molar-refractivity contribution is 7.33. The lowest BCUT2D eigenvalue weighted by Crippen LogP contribution is -2.61. The van der Waals surface area contributed by atoms with Crippen molar-refractivity contribution in [3.8, 4) is 22.3 Å². The van der Waals surface area contributed by atoms with Crippen LogP contribution >= 0.6 is 11.3 Å². The van der Waals surface area contributed by atoms with E-state index in [2.05, 4.69) is 217 Å². The summed E-state index contributed by atoms with van der Waals surface area (Å²) in [7, 11) is 0. The van der Waals surface area contributed by atoms with Crippen molar-refractivity contribution in [1.29, 1.82) is 0 Å². The third-order valence-electron chi connectivity index (χ3n) is 20.1. The van der Waals surface area contributed by atoms with Crippen LogP contribution in [0.4, 0.5) is 38.5 Å². The molecule has 8 aromatic rings. The van der Waals surface area contributed by atoms with E-state index in [1.54, 1.807) is 12.1 Å². The maximum absolute atomic E-state index is 15.4. The summed E-state index contributed by atoms with van der Waals surface area (Å²) in [5.74, 6) is -0.228. The van der Waals surface area contributed by atoms with E-state index in [4.69, 9.17) is 0 Å². The van der Waals surface area contributed by atoms with E-state index in [9.17, 15) is 0 Å². The summed E-state index contributed by atoms with van der Waals surface area (Å²) in [5.41, 5.74) is 24.8. The summed E-state index contributed by atoms with van der Waals surface area (Å²) >= 11 is 2.00. The minimum Gasteiger partial charge on any atom is -0.311 e. The van der Waals surface area contributed by atoms with Gasteiger partial charge in [0.2, 0.25) is 0 Å². The van der Waals surface area contributed by atoms with E-state index in [1.165, 1.54) is 116 Å². The molecule has 0 N–H and O–H groups in total. The van der Waals surface area contributed by atoms with Crippen LogP contribution < -0.4 is 25.5 Å². The average Bonchev–Trinajstić information content (AvgIpc) is 3.76. The van der Waals surface area contributed by atoms with Gasteiger partial charge in [0, 0.05) is 43.3 Å². The molecule has 13 rings (SSSR count). The van der Waals surface area contributed by atoms with E-state index in [0.29, 0.717) is 0 Å². The Labute approximate surface area is 464 Å². The Balaban J connectivity index is 1.21. The van der Waals surface area contributed by atoms with Crippen molar-refractivity contribution in [2.75, 3.05) is 9.80 Å². The predicted molar refractivity (Wildman–Crippen MR) is 331 cm³/mol. The third kappa shape index (κ3) is 7.73. The number of hydrogen-bond donors (Lipinski definition) is 0. The normalized spacial score (nSPS) is 19.7. The monoisotopic (exact) mass is 1030 g/mol. The molecular weight excluding hydrogens is 955 g/mol. The topological polar surface area (TPSA) is 6.48 Å². The van der Waals surface area contributed by atoms with Gasteiger partial charge in [0.1, 0.15) is 5.82 Å². The van der Waals surface area contributed by atoms with Crippen LogP contribution in [0.15, 0.2) is 127 Å². The molecule has 2 nitrogen and oxygen atoms in total. The van der Waals surface area contributed by atoms with Gasteiger partial charge < -0.3 is 9.80 Å². The van der Waals surface area contributed by atoms with Crippen molar-refractivity contribution >= 4 is 78.0 Å². The molecule has 0 unspecified atom stereocenters. The van der Waals surface area contributed by atoms with Crippen LogP contribution in [0.5, 0.6) is 0 Å². The number of nitrogens with zero attached hydrogens (tertiary/aromatic N) is 2. The van der Waals surface area contributed by atoms with Gasteiger partial charge >= 0.3 is 0 Å². The molecule has 3 heterocycles. The Morgan fingerprint density at radius 3 is 1.57 bits per heavy atom. The fraction of sp³-hybridized carbons (Fsp3) is 0.389. The molecule has 0 spiro atoms. The lowest BCUT2D eigenvalue weighted by Gasteiger charge is -2.47. The first-order valence-corrected chi connectivity index (χ1v) is 29.7. The molecule has 0 atom stereocenters. The lowest BCUT2D eigenvalue weighted by atomic mass is 9.35. The molecule has 0 amide bonds. The highest BCUT2D eigenvalue weighted by Gasteiger charge is 2.49. The summed E-state index contributed by atoms with van der Waals surface area (Å²) in [6.45, 7) is 36.5. The van der Waals surface area contributed by atoms with Crippen LogP contribution in [0.2, 0.25) is 0 Å².